The molecule has 0 radical (unpaired) electrons. The molecule has 0 bridgehead atoms. The first-order chi connectivity index (χ1) is 13.0. The molecule has 2 aromatic carbocycles. The van der Waals surface area contributed by atoms with Gasteiger partial charge in [0.2, 0.25) is 6.79 Å². The Kier molecular flexibility index (Phi) is 4.14. The van der Waals surface area contributed by atoms with Crippen molar-refractivity contribution >= 4 is 12.1 Å². The van der Waals surface area contributed by atoms with E-state index in [2.05, 4.69) is 0 Å². The molecule has 0 saturated carbocycles. The van der Waals surface area contributed by atoms with Crippen LogP contribution in [0.2, 0.25) is 0 Å². The Balaban J connectivity index is 1.70. The fourth-order valence-electron chi connectivity index (χ4n) is 3.55. The van der Waals surface area contributed by atoms with Gasteiger partial charge in [-0.1, -0.05) is 6.07 Å². The minimum atomic E-state index is -0.449. The first kappa shape index (κ1) is 17.2. The molecule has 0 aromatic heterocycles. The van der Waals surface area contributed by atoms with Crippen LogP contribution in [-0.2, 0) is 6.42 Å². The van der Waals surface area contributed by atoms with E-state index in [-0.39, 0.29) is 47.6 Å². The van der Waals surface area contributed by atoms with Crippen LogP contribution in [0, 0.1) is 12.8 Å². The van der Waals surface area contributed by atoms with Gasteiger partial charge in [0, 0.05) is 5.56 Å². The van der Waals surface area contributed by atoms with Gasteiger partial charge < -0.3 is 24.1 Å². The molecule has 0 unspecified atom stereocenters. The van der Waals surface area contributed by atoms with E-state index in [1.807, 2.05) is 18.2 Å². The molecule has 0 amide bonds. The van der Waals surface area contributed by atoms with Gasteiger partial charge in [-0.3, -0.25) is 9.59 Å². The maximum atomic E-state index is 13.2. The van der Waals surface area contributed by atoms with E-state index in [0.717, 1.165) is 5.56 Å². The topological polar surface area (TPSA) is 91.3 Å². The van der Waals surface area contributed by atoms with Gasteiger partial charge in [0.1, 0.15) is 22.8 Å². The summed E-state index contributed by atoms with van der Waals surface area (Å²) in [6, 6.07) is 5.54. The minimum absolute atomic E-state index is 0.0295. The van der Waals surface area contributed by atoms with Crippen molar-refractivity contribution in [2.24, 2.45) is 5.92 Å². The van der Waals surface area contributed by atoms with E-state index in [0.29, 0.717) is 29.8 Å². The molecule has 0 saturated heterocycles. The Morgan fingerprint density at radius 2 is 2.04 bits per heavy atom. The van der Waals surface area contributed by atoms with Crippen molar-refractivity contribution in [1.82, 2.24) is 0 Å². The van der Waals surface area contributed by atoms with Crippen LogP contribution >= 0.6 is 0 Å². The number of fused-ring (bicyclic) bond motifs is 2. The van der Waals surface area contributed by atoms with Crippen LogP contribution in [0.4, 0.5) is 0 Å². The predicted molar refractivity (Wildman–Crippen MR) is 94.4 cm³/mol. The number of rotatable bonds is 4. The molecular weight excluding hydrogens is 352 g/mol. The van der Waals surface area contributed by atoms with Gasteiger partial charge in [-0.05, 0) is 31.0 Å². The smallest absolute Gasteiger partial charge is 0.231 e. The van der Waals surface area contributed by atoms with Crippen LogP contribution < -0.4 is 18.9 Å². The SMILES string of the molecule is COc1c(C)c(O)c(C=O)c2c1C(=O)[C@@H](Cc1ccc3c(c1)OCO3)CO2. The second-order valence-electron chi connectivity index (χ2n) is 6.51. The number of aldehydes is 1. The zero-order valence-corrected chi connectivity index (χ0v) is 14.9. The molecule has 0 fully saturated rings. The number of Topliss-reactive ketones (excluding diaryl/α,β-unsaturated/α-hetero) is 1. The molecule has 0 aliphatic carbocycles. The van der Waals surface area contributed by atoms with Crippen LogP contribution in [0.15, 0.2) is 18.2 Å². The average molecular weight is 370 g/mol. The Hall–Kier alpha value is -3.22. The molecule has 7 heteroatoms. The number of carbonyl (C=O) groups excluding carboxylic acids is 2. The van der Waals surface area contributed by atoms with Gasteiger partial charge in [-0.2, -0.15) is 0 Å². The Labute approximate surface area is 155 Å². The lowest BCUT2D eigenvalue weighted by Gasteiger charge is -2.28. The summed E-state index contributed by atoms with van der Waals surface area (Å²) in [5.74, 6) is 0.776. The van der Waals surface area contributed by atoms with Gasteiger partial charge in [0.05, 0.1) is 25.2 Å². The van der Waals surface area contributed by atoms with Gasteiger partial charge >= 0.3 is 0 Å². The van der Waals surface area contributed by atoms with Gasteiger partial charge in [0.25, 0.3) is 0 Å². The zero-order valence-electron chi connectivity index (χ0n) is 14.9. The quantitative estimate of drug-likeness (QED) is 0.828. The predicted octanol–water partition coefficient (Wildman–Crippen LogP) is 2.68. The fraction of sp³-hybridized carbons (Fsp3) is 0.300. The second-order valence-corrected chi connectivity index (χ2v) is 6.51. The number of hydrogen-bond acceptors (Lipinski definition) is 7. The molecule has 140 valence electrons. The van der Waals surface area contributed by atoms with E-state index < -0.39 is 5.92 Å². The lowest BCUT2D eigenvalue weighted by atomic mass is 9.86. The van der Waals surface area contributed by atoms with Crippen LogP contribution in [0.25, 0.3) is 0 Å². The first-order valence-corrected chi connectivity index (χ1v) is 8.49. The van der Waals surface area contributed by atoms with Crippen LogP contribution in [-0.4, -0.2) is 37.7 Å². The summed E-state index contributed by atoms with van der Waals surface area (Å²) in [5.41, 5.74) is 1.42. The van der Waals surface area contributed by atoms with E-state index in [4.69, 9.17) is 18.9 Å². The van der Waals surface area contributed by atoms with E-state index in [9.17, 15) is 14.7 Å². The maximum absolute atomic E-state index is 13.2. The third-order valence-electron chi connectivity index (χ3n) is 4.94. The Bertz CT molecular complexity index is 948. The normalized spacial score (nSPS) is 17.3. The monoisotopic (exact) mass is 370 g/mol. The van der Waals surface area contributed by atoms with Gasteiger partial charge in [0.15, 0.2) is 23.6 Å². The summed E-state index contributed by atoms with van der Waals surface area (Å²) < 4.78 is 21.7. The number of aromatic hydroxyl groups is 1. The number of ether oxygens (including phenoxy) is 4. The molecule has 27 heavy (non-hydrogen) atoms. The molecule has 2 aliphatic heterocycles. The van der Waals surface area contributed by atoms with Gasteiger partial charge in [-0.25, -0.2) is 0 Å². The number of methoxy groups -OCH3 is 1. The van der Waals surface area contributed by atoms with Crippen molar-refractivity contribution in [3.8, 4) is 28.7 Å². The lowest BCUT2D eigenvalue weighted by molar-refractivity contribution is 0.0823. The summed E-state index contributed by atoms with van der Waals surface area (Å²) >= 11 is 0. The van der Waals surface area contributed by atoms with Crippen molar-refractivity contribution in [2.45, 2.75) is 13.3 Å². The third kappa shape index (κ3) is 2.66. The summed E-state index contributed by atoms with van der Waals surface area (Å²) in [7, 11) is 1.41. The molecule has 2 aliphatic rings. The number of ketones is 1. The van der Waals surface area contributed by atoms with Crippen molar-refractivity contribution in [2.75, 3.05) is 20.5 Å². The van der Waals surface area contributed by atoms with Crippen molar-refractivity contribution in [3.05, 3.63) is 40.5 Å². The lowest BCUT2D eigenvalue weighted by Crippen LogP contribution is -2.31. The van der Waals surface area contributed by atoms with Crippen molar-refractivity contribution in [3.63, 3.8) is 0 Å². The summed E-state index contributed by atoms with van der Waals surface area (Å²) in [6.07, 6.45) is 0.931. The summed E-state index contributed by atoms with van der Waals surface area (Å²) in [4.78, 5) is 24.6. The first-order valence-electron chi connectivity index (χ1n) is 8.49. The molecule has 2 aromatic rings. The van der Waals surface area contributed by atoms with E-state index in [1.54, 1.807) is 6.92 Å². The molecule has 1 N–H and O–H groups in total. The molecule has 1 atom stereocenters. The fourth-order valence-corrected chi connectivity index (χ4v) is 3.55. The molecule has 0 spiro atoms. The number of phenols is 1. The van der Waals surface area contributed by atoms with Crippen molar-refractivity contribution < 1.29 is 33.6 Å². The highest BCUT2D eigenvalue weighted by atomic mass is 16.7. The highest BCUT2D eigenvalue weighted by molar-refractivity contribution is 6.07. The van der Waals surface area contributed by atoms with Crippen LogP contribution in [0.5, 0.6) is 28.7 Å². The Morgan fingerprint density at radius 1 is 1.26 bits per heavy atom. The van der Waals surface area contributed by atoms with E-state index in [1.165, 1.54) is 7.11 Å². The van der Waals surface area contributed by atoms with Crippen molar-refractivity contribution in [1.29, 1.82) is 0 Å². The highest BCUT2D eigenvalue weighted by Gasteiger charge is 2.36. The molecule has 2 heterocycles. The number of benzene rings is 2. The van der Waals surface area contributed by atoms with Gasteiger partial charge in [-0.15, -0.1) is 0 Å². The van der Waals surface area contributed by atoms with Crippen LogP contribution in [0.3, 0.4) is 0 Å². The second kappa shape index (κ2) is 6.50. The molecular formula is C20H18O7. The largest absolute Gasteiger partial charge is 0.507 e. The summed E-state index contributed by atoms with van der Waals surface area (Å²) in [6.45, 7) is 1.88. The molecule has 4 rings (SSSR count). The highest BCUT2D eigenvalue weighted by Crippen LogP contribution is 2.45. The Morgan fingerprint density at radius 3 is 2.78 bits per heavy atom. The number of carbonyl (C=O) groups is 2. The third-order valence-corrected chi connectivity index (χ3v) is 4.94. The van der Waals surface area contributed by atoms with E-state index >= 15 is 0 Å². The van der Waals surface area contributed by atoms with Crippen LogP contribution in [0.1, 0.15) is 31.8 Å². The number of hydrogen-bond donors (Lipinski definition) is 1. The maximum Gasteiger partial charge on any atom is 0.231 e. The summed E-state index contributed by atoms with van der Waals surface area (Å²) in [5, 5.41) is 10.2. The average Bonchev–Trinajstić information content (AvgIpc) is 3.13. The molecule has 7 nitrogen and oxygen atoms in total. The number of phenolic OH excluding ortho intramolecular Hbond substituents is 1. The minimum Gasteiger partial charge on any atom is -0.507 e. The standard InChI is InChI=1S/C20H18O7/c1-10-17(22)13(7-21)20-16(19(10)24-2)18(23)12(8-25-20)5-11-3-4-14-15(6-11)27-9-26-14/h3-4,6-7,12,22H,5,8-9H2,1-2H3/t12-/m0/s1. The zero-order chi connectivity index (χ0) is 19.1.